The Morgan fingerprint density at radius 1 is 1.14 bits per heavy atom. The maximum Gasteiger partial charge on any atom is 0.387 e. The van der Waals surface area contributed by atoms with E-state index in [0.717, 1.165) is 0 Å². The van der Waals surface area contributed by atoms with E-state index in [0.29, 0.717) is 11.1 Å². The molecule has 7 nitrogen and oxygen atoms in total. The molecule has 1 N–H and O–H groups in total. The third-order valence-corrected chi connectivity index (χ3v) is 5.23. The number of nitrogens with one attached hydrogen (secondary N) is 1. The first-order valence-corrected chi connectivity index (χ1v) is 9.49. The highest BCUT2D eigenvalue weighted by molar-refractivity contribution is 7.89. The van der Waals surface area contributed by atoms with Crippen LogP contribution in [0.1, 0.15) is 21.5 Å². The molecule has 152 valence electrons. The molecule has 0 fully saturated rings. The molecule has 0 aliphatic carbocycles. The quantitative estimate of drug-likeness (QED) is 0.667. The van der Waals surface area contributed by atoms with Crippen LogP contribution in [0.5, 0.6) is 11.5 Å². The van der Waals surface area contributed by atoms with Crippen molar-refractivity contribution in [3.8, 4) is 11.5 Å². The van der Waals surface area contributed by atoms with Gasteiger partial charge in [-0.3, -0.25) is 0 Å². The summed E-state index contributed by atoms with van der Waals surface area (Å²) in [5.41, 5.74) is 1.11. The molecule has 0 amide bonds. The largest absolute Gasteiger partial charge is 0.493 e. The predicted octanol–water partition coefficient (Wildman–Crippen LogP) is 2.87. The number of aryl methyl sites for hydroxylation is 1. The summed E-state index contributed by atoms with van der Waals surface area (Å²) in [5.74, 6) is -0.807. The number of benzene rings is 2. The van der Waals surface area contributed by atoms with Gasteiger partial charge in [-0.25, -0.2) is 17.9 Å². The van der Waals surface area contributed by atoms with Gasteiger partial charge in [0.25, 0.3) is 0 Å². The van der Waals surface area contributed by atoms with E-state index in [4.69, 9.17) is 9.47 Å². The standard InChI is InChI=1S/C18H19F2NO6S/c1-11-4-6-13(28(23,24)21-2)9-14(11)17(22)26-10-12-5-7-15(27-18(19)20)16(8-12)25-3/h4-9,18,21H,10H2,1-3H3. The average molecular weight is 415 g/mol. The van der Waals surface area contributed by atoms with Crippen molar-refractivity contribution in [2.45, 2.75) is 25.0 Å². The number of carbonyl (C=O) groups is 1. The van der Waals surface area contributed by atoms with Gasteiger partial charge in [-0.2, -0.15) is 8.78 Å². The maximum atomic E-state index is 12.4. The number of esters is 1. The molecule has 0 aliphatic heterocycles. The van der Waals surface area contributed by atoms with Crippen molar-refractivity contribution in [3.05, 3.63) is 53.1 Å². The van der Waals surface area contributed by atoms with Crippen LogP contribution in [-0.4, -0.2) is 35.2 Å². The molecule has 28 heavy (non-hydrogen) atoms. The van der Waals surface area contributed by atoms with Gasteiger partial charge in [0.15, 0.2) is 11.5 Å². The van der Waals surface area contributed by atoms with Gasteiger partial charge in [0.05, 0.1) is 17.6 Å². The fourth-order valence-electron chi connectivity index (χ4n) is 2.33. The number of halogens is 2. The van der Waals surface area contributed by atoms with Gasteiger partial charge in [-0.15, -0.1) is 0 Å². The highest BCUT2D eigenvalue weighted by Crippen LogP contribution is 2.29. The lowest BCUT2D eigenvalue weighted by atomic mass is 10.1. The summed E-state index contributed by atoms with van der Waals surface area (Å²) in [4.78, 5) is 12.3. The Balaban J connectivity index is 2.17. The van der Waals surface area contributed by atoms with E-state index < -0.39 is 22.6 Å². The van der Waals surface area contributed by atoms with E-state index in [1.807, 2.05) is 0 Å². The summed E-state index contributed by atoms with van der Waals surface area (Å²) < 4.78 is 65.2. The Morgan fingerprint density at radius 2 is 1.86 bits per heavy atom. The molecule has 10 heteroatoms. The van der Waals surface area contributed by atoms with Crippen molar-refractivity contribution in [2.75, 3.05) is 14.2 Å². The second-order valence-corrected chi connectivity index (χ2v) is 7.51. The van der Waals surface area contributed by atoms with E-state index >= 15 is 0 Å². The van der Waals surface area contributed by atoms with Crippen LogP contribution in [0.15, 0.2) is 41.3 Å². The van der Waals surface area contributed by atoms with Gasteiger partial charge in [0, 0.05) is 0 Å². The molecule has 0 bridgehead atoms. The highest BCUT2D eigenvalue weighted by Gasteiger charge is 2.18. The fourth-order valence-corrected chi connectivity index (χ4v) is 3.08. The number of ether oxygens (including phenoxy) is 3. The van der Waals surface area contributed by atoms with Crippen molar-refractivity contribution in [1.29, 1.82) is 0 Å². The fraction of sp³-hybridized carbons (Fsp3) is 0.278. The molecule has 0 aromatic heterocycles. The van der Waals surface area contributed by atoms with Crippen LogP contribution >= 0.6 is 0 Å². The minimum atomic E-state index is -3.71. The monoisotopic (exact) mass is 415 g/mol. The van der Waals surface area contributed by atoms with Crippen LogP contribution < -0.4 is 14.2 Å². The van der Waals surface area contributed by atoms with E-state index in [2.05, 4.69) is 9.46 Å². The van der Waals surface area contributed by atoms with Gasteiger partial charge in [0.1, 0.15) is 6.61 Å². The number of rotatable bonds is 8. The number of sulfonamides is 1. The van der Waals surface area contributed by atoms with Gasteiger partial charge in [0.2, 0.25) is 10.0 Å². The first kappa shape index (κ1) is 21.6. The number of alkyl halides is 2. The lowest BCUT2D eigenvalue weighted by molar-refractivity contribution is -0.0512. The zero-order chi connectivity index (χ0) is 20.9. The van der Waals surface area contributed by atoms with Gasteiger partial charge in [-0.1, -0.05) is 12.1 Å². The third-order valence-electron chi connectivity index (χ3n) is 3.82. The number of hydrogen-bond donors (Lipinski definition) is 1. The van der Waals surface area contributed by atoms with E-state index in [1.54, 1.807) is 6.92 Å². The smallest absolute Gasteiger partial charge is 0.387 e. The maximum absolute atomic E-state index is 12.4. The van der Waals surface area contributed by atoms with Crippen LogP contribution in [0.3, 0.4) is 0 Å². The molecular weight excluding hydrogens is 396 g/mol. The van der Waals surface area contributed by atoms with Gasteiger partial charge < -0.3 is 14.2 Å². The van der Waals surface area contributed by atoms with E-state index in [9.17, 15) is 22.0 Å². The Morgan fingerprint density at radius 3 is 2.46 bits per heavy atom. The summed E-state index contributed by atoms with van der Waals surface area (Å²) in [5, 5.41) is 0. The molecule has 0 spiro atoms. The molecule has 2 rings (SSSR count). The third kappa shape index (κ3) is 5.17. The Kier molecular flexibility index (Phi) is 6.92. The zero-order valence-electron chi connectivity index (χ0n) is 15.4. The van der Waals surface area contributed by atoms with Gasteiger partial charge >= 0.3 is 12.6 Å². The number of methoxy groups -OCH3 is 1. The first-order chi connectivity index (χ1) is 13.2. The molecule has 2 aromatic rings. The predicted molar refractivity (Wildman–Crippen MR) is 96.2 cm³/mol. The summed E-state index contributed by atoms with van der Waals surface area (Å²) in [7, 11) is -1.15. The zero-order valence-corrected chi connectivity index (χ0v) is 16.2. The molecule has 0 unspecified atom stereocenters. The number of hydrogen-bond acceptors (Lipinski definition) is 6. The van der Waals surface area contributed by atoms with Crippen LogP contribution in [-0.2, 0) is 21.4 Å². The summed E-state index contributed by atoms with van der Waals surface area (Å²) in [6.45, 7) is -1.53. The van der Waals surface area contributed by atoms with Crippen molar-refractivity contribution in [1.82, 2.24) is 4.72 Å². The Bertz CT molecular complexity index is 963. The van der Waals surface area contributed by atoms with Crippen LogP contribution in [0.4, 0.5) is 8.78 Å². The second kappa shape index (κ2) is 8.98. The SMILES string of the molecule is CNS(=O)(=O)c1ccc(C)c(C(=O)OCc2ccc(OC(F)F)c(OC)c2)c1. The van der Waals surface area contributed by atoms with Crippen LogP contribution in [0.25, 0.3) is 0 Å². The minimum Gasteiger partial charge on any atom is -0.493 e. The van der Waals surface area contributed by atoms with E-state index in [-0.39, 0.29) is 28.6 Å². The normalized spacial score (nSPS) is 11.4. The molecule has 2 aromatic carbocycles. The first-order valence-electron chi connectivity index (χ1n) is 8.01. The van der Waals surface area contributed by atoms with Crippen LogP contribution in [0, 0.1) is 6.92 Å². The van der Waals surface area contributed by atoms with E-state index in [1.165, 1.54) is 50.6 Å². The van der Waals surface area contributed by atoms with Crippen molar-refractivity contribution in [2.24, 2.45) is 0 Å². The van der Waals surface area contributed by atoms with Crippen molar-refractivity contribution in [3.63, 3.8) is 0 Å². The molecular formula is C18H19F2NO6S. The second-order valence-electron chi connectivity index (χ2n) is 5.62. The molecule has 0 heterocycles. The molecule has 0 saturated heterocycles. The van der Waals surface area contributed by atoms with Crippen LogP contribution in [0.2, 0.25) is 0 Å². The topological polar surface area (TPSA) is 90.9 Å². The van der Waals surface area contributed by atoms with Gasteiger partial charge in [-0.05, 0) is 49.4 Å². The summed E-state index contributed by atoms with van der Waals surface area (Å²) >= 11 is 0. The average Bonchev–Trinajstić information content (AvgIpc) is 2.66. The van der Waals surface area contributed by atoms with Crippen molar-refractivity contribution < 1.29 is 36.2 Å². The van der Waals surface area contributed by atoms with Crippen molar-refractivity contribution >= 4 is 16.0 Å². The summed E-state index contributed by atoms with van der Waals surface area (Å²) in [6, 6.07) is 8.23. The minimum absolute atomic E-state index is 0.0622. The number of carbonyl (C=O) groups excluding carboxylic acids is 1. The Hall–Kier alpha value is -2.72. The highest BCUT2D eigenvalue weighted by atomic mass is 32.2. The lowest BCUT2D eigenvalue weighted by Gasteiger charge is -2.12. The molecule has 0 saturated carbocycles. The Labute approximate surface area is 161 Å². The summed E-state index contributed by atoms with van der Waals surface area (Å²) in [6.07, 6.45) is 0. The molecule has 0 radical (unpaired) electrons. The molecule has 0 aliphatic rings. The molecule has 0 atom stereocenters. The lowest BCUT2D eigenvalue weighted by Crippen LogP contribution is -2.19.